The molecule has 0 aliphatic rings. The SMILES string of the molecule is Cc1nccc(-c2c(OCc3ccccc3)cc(Cl)nc2C)n1. The monoisotopic (exact) mass is 325 g/mol. The number of rotatable bonds is 4. The van der Waals surface area contributed by atoms with E-state index in [0.29, 0.717) is 23.3 Å². The van der Waals surface area contributed by atoms with Gasteiger partial charge in [0.2, 0.25) is 0 Å². The normalized spacial score (nSPS) is 10.6. The molecule has 0 N–H and O–H groups in total. The second kappa shape index (κ2) is 6.75. The lowest BCUT2D eigenvalue weighted by Crippen LogP contribution is -2.01. The Morgan fingerprint density at radius 3 is 2.57 bits per heavy atom. The Labute approximate surface area is 140 Å². The molecule has 0 aliphatic carbocycles. The van der Waals surface area contributed by atoms with Crippen molar-refractivity contribution >= 4 is 11.6 Å². The first-order valence-corrected chi connectivity index (χ1v) is 7.65. The summed E-state index contributed by atoms with van der Waals surface area (Å²) in [6.07, 6.45) is 1.73. The van der Waals surface area contributed by atoms with Crippen molar-refractivity contribution < 1.29 is 4.74 Å². The van der Waals surface area contributed by atoms with E-state index in [1.807, 2.05) is 50.2 Å². The van der Waals surface area contributed by atoms with Crippen LogP contribution in [0.4, 0.5) is 0 Å². The maximum atomic E-state index is 6.10. The topological polar surface area (TPSA) is 47.9 Å². The van der Waals surface area contributed by atoms with Crippen molar-refractivity contribution in [3.8, 4) is 17.0 Å². The summed E-state index contributed by atoms with van der Waals surface area (Å²) in [4.78, 5) is 12.9. The third-order valence-corrected chi connectivity index (χ3v) is 3.60. The molecule has 0 fully saturated rings. The van der Waals surface area contributed by atoms with Crippen molar-refractivity contribution in [3.05, 3.63) is 70.9 Å². The summed E-state index contributed by atoms with van der Waals surface area (Å²) in [6, 6.07) is 13.6. The Bertz CT molecular complexity index is 822. The lowest BCUT2D eigenvalue weighted by molar-refractivity contribution is 0.307. The summed E-state index contributed by atoms with van der Waals surface area (Å²) in [6.45, 7) is 4.21. The molecule has 3 rings (SSSR count). The molecule has 3 aromatic rings. The van der Waals surface area contributed by atoms with E-state index in [9.17, 15) is 0 Å². The van der Waals surface area contributed by atoms with Crippen molar-refractivity contribution in [3.63, 3.8) is 0 Å². The van der Waals surface area contributed by atoms with Crippen LogP contribution in [0.1, 0.15) is 17.1 Å². The fourth-order valence-electron chi connectivity index (χ4n) is 2.36. The van der Waals surface area contributed by atoms with E-state index >= 15 is 0 Å². The molecule has 0 saturated carbocycles. The number of nitrogens with zero attached hydrogens (tertiary/aromatic N) is 3. The zero-order chi connectivity index (χ0) is 16.2. The molecule has 0 radical (unpaired) electrons. The molecular weight excluding hydrogens is 310 g/mol. The molecule has 5 heteroatoms. The number of hydrogen-bond donors (Lipinski definition) is 0. The highest BCUT2D eigenvalue weighted by atomic mass is 35.5. The zero-order valence-corrected chi connectivity index (χ0v) is 13.7. The van der Waals surface area contributed by atoms with Gasteiger partial charge in [-0.2, -0.15) is 0 Å². The minimum Gasteiger partial charge on any atom is -0.488 e. The van der Waals surface area contributed by atoms with Crippen molar-refractivity contribution in [2.24, 2.45) is 0 Å². The summed E-state index contributed by atoms with van der Waals surface area (Å²) >= 11 is 6.10. The quantitative estimate of drug-likeness (QED) is 0.667. The van der Waals surface area contributed by atoms with E-state index in [1.165, 1.54) is 0 Å². The molecule has 2 aromatic heterocycles. The first-order chi connectivity index (χ1) is 11.1. The number of aromatic nitrogens is 3. The number of ether oxygens (including phenoxy) is 1. The molecule has 0 unspecified atom stereocenters. The van der Waals surface area contributed by atoms with Gasteiger partial charge in [0.25, 0.3) is 0 Å². The van der Waals surface area contributed by atoms with Gasteiger partial charge in [0.05, 0.1) is 17.0 Å². The maximum absolute atomic E-state index is 6.10. The van der Waals surface area contributed by atoms with Gasteiger partial charge >= 0.3 is 0 Å². The van der Waals surface area contributed by atoms with Crippen LogP contribution in [0.5, 0.6) is 5.75 Å². The maximum Gasteiger partial charge on any atom is 0.134 e. The van der Waals surface area contributed by atoms with Crippen LogP contribution in [-0.2, 0) is 6.61 Å². The first kappa shape index (κ1) is 15.4. The Morgan fingerprint density at radius 2 is 1.83 bits per heavy atom. The highest BCUT2D eigenvalue weighted by Gasteiger charge is 2.14. The molecular formula is C18H16ClN3O. The Kier molecular flexibility index (Phi) is 4.53. The average molecular weight is 326 g/mol. The molecule has 0 aliphatic heterocycles. The van der Waals surface area contributed by atoms with Crippen LogP contribution in [-0.4, -0.2) is 15.0 Å². The molecule has 0 atom stereocenters. The molecule has 116 valence electrons. The molecule has 0 amide bonds. The van der Waals surface area contributed by atoms with Gasteiger partial charge in [-0.3, -0.25) is 0 Å². The number of benzene rings is 1. The van der Waals surface area contributed by atoms with Crippen molar-refractivity contribution in [2.45, 2.75) is 20.5 Å². The summed E-state index contributed by atoms with van der Waals surface area (Å²) in [7, 11) is 0. The largest absolute Gasteiger partial charge is 0.488 e. The van der Waals surface area contributed by atoms with E-state index in [1.54, 1.807) is 12.3 Å². The predicted molar refractivity (Wildman–Crippen MR) is 90.5 cm³/mol. The molecule has 4 nitrogen and oxygen atoms in total. The van der Waals surface area contributed by atoms with E-state index in [-0.39, 0.29) is 0 Å². The second-order valence-electron chi connectivity index (χ2n) is 5.17. The first-order valence-electron chi connectivity index (χ1n) is 7.27. The predicted octanol–water partition coefficient (Wildman–Crippen LogP) is 4.39. The van der Waals surface area contributed by atoms with Crippen LogP contribution in [0.25, 0.3) is 11.3 Å². The van der Waals surface area contributed by atoms with Gasteiger partial charge in [0, 0.05) is 12.3 Å². The number of pyridine rings is 1. The fourth-order valence-corrected chi connectivity index (χ4v) is 2.59. The lowest BCUT2D eigenvalue weighted by atomic mass is 10.1. The fraction of sp³-hybridized carbons (Fsp3) is 0.167. The van der Waals surface area contributed by atoms with E-state index in [0.717, 1.165) is 22.5 Å². The highest BCUT2D eigenvalue weighted by molar-refractivity contribution is 6.29. The molecule has 0 bridgehead atoms. The van der Waals surface area contributed by atoms with Gasteiger partial charge in [-0.15, -0.1) is 0 Å². The van der Waals surface area contributed by atoms with Gasteiger partial charge in [0.1, 0.15) is 23.3 Å². The second-order valence-corrected chi connectivity index (χ2v) is 5.55. The number of aryl methyl sites for hydroxylation is 2. The van der Waals surface area contributed by atoms with Crippen LogP contribution in [0.2, 0.25) is 5.15 Å². The van der Waals surface area contributed by atoms with E-state index < -0.39 is 0 Å². The van der Waals surface area contributed by atoms with Gasteiger partial charge in [-0.1, -0.05) is 41.9 Å². The van der Waals surface area contributed by atoms with Crippen molar-refractivity contribution in [2.75, 3.05) is 0 Å². The van der Waals surface area contributed by atoms with Crippen molar-refractivity contribution in [1.82, 2.24) is 15.0 Å². The smallest absolute Gasteiger partial charge is 0.134 e. The van der Waals surface area contributed by atoms with Crippen LogP contribution >= 0.6 is 11.6 Å². The highest BCUT2D eigenvalue weighted by Crippen LogP contribution is 2.33. The molecule has 0 spiro atoms. The Hall–Kier alpha value is -2.46. The molecule has 23 heavy (non-hydrogen) atoms. The Balaban J connectivity index is 1.98. The Morgan fingerprint density at radius 1 is 1.04 bits per heavy atom. The van der Waals surface area contributed by atoms with Crippen LogP contribution in [0, 0.1) is 13.8 Å². The standard InChI is InChI=1S/C18H16ClN3O/c1-12-18(15-8-9-20-13(2)22-15)16(10-17(19)21-12)23-11-14-6-4-3-5-7-14/h3-10H,11H2,1-2H3. The van der Waals surface area contributed by atoms with E-state index in [4.69, 9.17) is 16.3 Å². The van der Waals surface area contributed by atoms with E-state index in [2.05, 4.69) is 15.0 Å². The molecule has 0 saturated heterocycles. The lowest BCUT2D eigenvalue weighted by Gasteiger charge is -2.14. The van der Waals surface area contributed by atoms with Gasteiger partial charge in [-0.05, 0) is 25.5 Å². The summed E-state index contributed by atoms with van der Waals surface area (Å²) in [5, 5.41) is 0.403. The van der Waals surface area contributed by atoms with Gasteiger partial charge in [-0.25, -0.2) is 15.0 Å². The zero-order valence-electron chi connectivity index (χ0n) is 13.0. The number of halogens is 1. The van der Waals surface area contributed by atoms with Crippen LogP contribution < -0.4 is 4.74 Å². The van der Waals surface area contributed by atoms with Gasteiger partial charge < -0.3 is 4.74 Å². The minimum atomic E-state index is 0.403. The third-order valence-electron chi connectivity index (χ3n) is 3.40. The van der Waals surface area contributed by atoms with Gasteiger partial charge in [0.15, 0.2) is 0 Å². The third kappa shape index (κ3) is 3.66. The summed E-state index contributed by atoms with van der Waals surface area (Å²) in [5.41, 5.74) is 3.49. The minimum absolute atomic E-state index is 0.403. The molecule has 2 heterocycles. The number of hydrogen-bond acceptors (Lipinski definition) is 4. The van der Waals surface area contributed by atoms with Crippen LogP contribution in [0.15, 0.2) is 48.7 Å². The average Bonchev–Trinajstić information content (AvgIpc) is 2.53. The molecule has 1 aromatic carbocycles. The van der Waals surface area contributed by atoms with Crippen molar-refractivity contribution in [1.29, 1.82) is 0 Å². The summed E-state index contributed by atoms with van der Waals surface area (Å²) < 4.78 is 5.99. The van der Waals surface area contributed by atoms with Crippen LogP contribution in [0.3, 0.4) is 0 Å². The summed E-state index contributed by atoms with van der Waals surface area (Å²) in [5.74, 6) is 1.37.